The topological polar surface area (TPSA) is 56.8 Å². The van der Waals surface area contributed by atoms with Gasteiger partial charge in [0.15, 0.2) is 0 Å². The Labute approximate surface area is 173 Å². The molecule has 2 aliphatic rings. The van der Waals surface area contributed by atoms with Crippen LogP contribution in [0.3, 0.4) is 0 Å². The van der Waals surface area contributed by atoms with Gasteiger partial charge in [0.05, 0.1) is 18.9 Å². The van der Waals surface area contributed by atoms with E-state index in [4.69, 9.17) is 14.7 Å². The van der Waals surface area contributed by atoms with Crippen LogP contribution in [0.15, 0.2) is 36.4 Å². The molecule has 4 rings (SSSR count). The Morgan fingerprint density at radius 1 is 0.931 bits per heavy atom. The van der Waals surface area contributed by atoms with Gasteiger partial charge in [0.1, 0.15) is 5.82 Å². The Hall–Kier alpha value is -2.22. The number of nitrogens with zero attached hydrogens (tertiary/aromatic N) is 5. The summed E-state index contributed by atoms with van der Waals surface area (Å²) in [6.45, 7) is 13.0. The number of hydrogen-bond donors (Lipinski definition) is 1. The molecule has 0 bridgehead atoms. The summed E-state index contributed by atoms with van der Waals surface area (Å²) >= 11 is 0. The molecule has 0 saturated carbocycles. The van der Waals surface area contributed by atoms with E-state index in [1.807, 2.05) is 6.07 Å². The quantitative estimate of drug-likeness (QED) is 0.768. The molecule has 2 aromatic rings. The Kier molecular flexibility index (Phi) is 6.92. The molecule has 1 aromatic carbocycles. The molecule has 1 aromatic heterocycles. The molecule has 2 aliphatic heterocycles. The van der Waals surface area contributed by atoms with Crippen molar-refractivity contribution < 1.29 is 4.74 Å². The van der Waals surface area contributed by atoms with Crippen molar-refractivity contribution in [1.82, 2.24) is 19.8 Å². The minimum Gasteiger partial charge on any atom is -0.379 e. The zero-order valence-electron chi connectivity index (χ0n) is 17.4. The maximum Gasteiger partial charge on any atom is 0.225 e. The second-order valence-corrected chi connectivity index (χ2v) is 7.60. The number of rotatable bonds is 7. The van der Waals surface area contributed by atoms with Gasteiger partial charge in [-0.3, -0.25) is 4.90 Å². The van der Waals surface area contributed by atoms with E-state index in [1.165, 1.54) is 0 Å². The summed E-state index contributed by atoms with van der Waals surface area (Å²) in [5, 5.41) is 3.46. The van der Waals surface area contributed by atoms with Crippen molar-refractivity contribution >= 4 is 11.8 Å². The van der Waals surface area contributed by atoms with Gasteiger partial charge in [0.25, 0.3) is 0 Å². The minimum absolute atomic E-state index is 0.715. The summed E-state index contributed by atoms with van der Waals surface area (Å²) in [6, 6.07) is 12.5. The van der Waals surface area contributed by atoms with Crippen LogP contribution in [0.4, 0.5) is 11.8 Å². The Balaban J connectivity index is 1.48. The van der Waals surface area contributed by atoms with Crippen LogP contribution < -0.4 is 10.2 Å². The summed E-state index contributed by atoms with van der Waals surface area (Å²) in [5.41, 5.74) is 2.10. The van der Waals surface area contributed by atoms with Crippen molar-refractivity contribution in [2.24, 2.45) is 0 Å². The molecule has 1 N–H and O–H groups in total. The number of hydrogen-bond acceptors (Lipinski definition) is 7. The van der Waals surface area contributed by atoms with Crippen LogP contribution >= 0.6 is 0 Å². The smallest absolute Gasteiger partial charge is 0.225 e. The molecule has 3 heterocycles. The number of morpholine rings is 1. The highest BCUT2D eigenvalue weighted by molar-refractivity contribution is 5.64. The molecule has 0 unspecified atom stereocenters. The molecular weight excluding hydrogens is 364 g/mol. The van der Waals surface area contributed by atoms with E-state index in [0.29, 0.717) is 5.95 Å². The van der Waals surface area contributed by atoms with Gasteiger partial charge in [0, 0.05) is 64.0 Å². The highest BCUT2D eigenvalue weighted by atomic mass is 16.5. The third-order valence-electron chi connectivity index (χ3n) is 5.74. The number of piperazine rings is 1. The van der Waals surface area contributed by atoms with E-state index in [1.54, 1.807) is 0 Å². The van der Waals surface area contributed by atoms with Crippen molar-refractivity contribution in [3.63, 3.8) is 0 Å². The van der Waals surface area contributed by atoms with Crippen LogP contribution in [-0.4, -0.2) is 91.9 Å². The monoisotopic (exact) mass is 396 g/mol. The molecule has 0 amide bonds. The Bertz CT molecular complexity index is 757. The maximum atomic E-state index is 5.43. The van der Waals surface area contributed by atoms with Gasteiger partial charge in [-0.05, 0) is 6.54 Å². The first-order valence-corrected chi connectivity index (χ1v) is 10.8. The lowest BCUT2D eigenvalue weighted by molar-refractivity contribution is 0.0398. The summed E-state index contributed by atoms with van der Waals surface area (Å²) in [5.74, 6) is 1.73. The molecule has 2 fully saturated rings. The van der Waals surface area contributed by atoms with Gasteiger partial charge in [-0.1, -0.05) is 37.3 Å². The first-order valence-electron chi connectivity index (χ1n) is 10.8. The SMILES string of the molecule is CCN1CCN(c2cc(-c3ccccc3)nc(NCCN3CCOCC3)n2)CC1. The number of benzene rings is 1. The number of anilines is 2. The third-order valence-corrected chi connectivity index (χ3v) is 5.74. The predicted octanol–water partition coefficient (Wildman–Crippen LogP) is 2.03. The average molecular weight is 397 g/mol. The fourth-order valence-electron chi connectivity index (χ4n) is 3.88. The largest absolute Gasteiger partial charge is 0.379 e. The third kappa shape index (κ3) is 5.44. The van der Waals surface area contributed by atoms with E-state index in [9.17, 15) is 0 Å². The molecule has 29 heavy (non-hydrogen) atoms. The standard InChI is InChI=1S/C22H32N6O/c1-2-26-10-12-28(13-11-26)21-18-20(19-6-4-3-5-7-19)24-22(25-21)23-8-9-27-14-16-29-17-15-27/h3-7,18H,2,8-17H2,1H3,(H,23,24,25). The van der Waals surface area contributed by atoms with Gasteiger partial charge in [-0.2, -0.15) is 4.98 Å². The zero-order valence-corrected chi connectivity index (χ0v) is 17.4. The van der Waals surface area contributed by atoms with Crippen molar-refractivity contribution in [3.8, 4) is 11.3 Å². The van der Waals surface area contributed by atoms with Crippen molar-refractivity contribution in [2.75, 3.05) is 82.3 Å². The maximum absolute atomic E-state index is 5.43. The van der Waals surface area contributed by atoms with Gasteiger partial charge in [-0.25, -0.2) is 4.98 Å². The number of likely N-dealkylation sites (N-methyl/N-ethyl adjacent to an activating group) is 1. The Morgan fingerprint density at radius 3 is 2.41 bits per heavy atom. The van der Waals surface area contributed by atoms with Gasteiger partial charge >= 0.3 is 0 Å². The first-order chi connectivity index (χ1) is 14.3. The van der Waals surface area contributed by atoms with Crippen LogP contribution in [0, 0.1) is 0 Å². The van der Waals surface area contributed by atoms with E-state index in [-0.39, 0.29) is 0 Å². The number of ether oxygens (including phenoxy) is 1. The molecule has 0 spiro atoms. The van der Waals surface area contributed by atoms with Crippen LogP contribution in [0.2, 0.25) is 0 Å². The summed E-state index contributed by atoms with van der Waals surface area (Å²) in [4.78, 5) is 17.0. The zero-order chi connectivity index (χ0) is 19.9. The molecule has 156 valence electrons. The second-order valence-electron chi connectivity index (χ2n) is 7.60. The fraction of sp³-hybridized carbons (Fsp3) is 0.545. The number of nitrogens with one attached hydrogen (secondary N) is 1. The molecule has 7 nitrogen and oxygen atoms in total. The molecule has 2 saturated heterocycles. The number of aromatic nitrogens is 2. The van der Waals surface area contributed by atoms with Crippen LogP contribution in [0.1, 0.15) is 6.92 Å². The van der Waals surface area contributed by atoms with Crippen molar-refractivity contribution in [2.45, 2.75) is 6.92 Å². The molecule has 0 aliphatic carbocycles. The summed E-state index contributed by atoms with van der Waals surface area (Å²) < 4.78 is 5.43. The molecule has 0 radical (unpaired) electrons. The van der Waals surface area contributed by atoms with Crippen LogP contribution in [0.25, 0.3) is 11.3 Å². The van der Waals surface area contributed by atoms with E-state index in [2.05, 4.69) is 57.3 Å². The highest BCUT2D eigenvalue weighted by Crippen LogP contribution is 2.24. The van der Waals surface area contributed by atoms with Gasteiger partial charge in [0.2, 0.25) is 5.95 Å². The van der Waals surface area contributed by atoms with Gasteiger partial charge in [-0.15, -0.1) is 0 Å². The van der Waals surface area contributed by atoms with Crippen molar-refractivity contribution in [1.29, 1.82) is 0 Å². The summed E-state index contributed by atoms with van der Waals surface area (Å²) in [7, 11) is 0. The van der Waals surface area contributed by atoms with Crippen LogP contribution in [0.5, 0.6) is 0 Å². The summed E-state index contributed by atoms with van der Waals surface area (Å²) in [6.07, 6.45) is 0. The molecular formula is C22H32N6O. The van der Waals surface area contributed by atoms with Crippen LogP contribution in [-0.2, 0) is 4.74 Å². The van der Waals surface area contributed by atoms with E-state index >= 15 is 0 Å². The lowest BCUT2D eigenvalue weighted by Gasteiger charge is -2.35. The molecule has 0 atom stereocenters. The van der Waals surface area contributed by atoms with Gasteiger partial charge < -0.3 is 19.9 Å². The lowest BCUT2D eigenvalue weighted by Crippen LogP contribution is -2.46. The van der Waals surface area contributed by atoms with Crippen molar-refractivity contribution in [3.05, 3.63) is 36.4 Å². The highest BCUT2D eigenvalue weighted by Gasteiger charge is 2.19. The van der Waals surface area contributed by atoms with E-state index in [0.717, 1.165) is 89.2 Å². The predicted molar refractivity (Wildman–Crippen MR) is 118 cm³/mol. The second kappa shape index (κ2) is 10.0. The molecule has 7 heteroatoms. The Morgan fingerprint density at radius 2 is 1.69 bits per heavy atom. The normalized spacial score (nSPS) is 18.7. The lowest BCUT2D eigenvalue weighted by atomic mass is 10.1. The first kappa shape index (κ1) is 20.1. The minimum atomic E-state index is 0.715. The van der Waals surface area contributed by atoms with E-state index < -0.39 is 0 Å². The average Bonchev–Trinajstić information content (AvgIpc) is 2.80. The fourth-order valence-corrected chi connectivity index (χ4v) is 3.88.